The second kappa shape index (κ2) is 5.63. The predicted molar refractivity (Wildman–Crippen MR) is 74.4 cm³/mol. The van der Waals surface area contributed by atoms with E-state index in [1.54, 1.807) is 25.2 Å². The Labute approximate surface area is 119 Å². The minimum absolute atomic E-state index is 0.102. The monoisotopic (exact) mass is 298 g/mol. The summed E-state index contributed by atoms with van der Waals surface area (Å²) in [6, 6.07) is 9.54. The van der Waals surface area contributed by atoms with Crippen molar-refractivity contribution in [3.05, 3.63) is 59.4 Å². The minimum Gasteiger partial charge on any atom is -0.399 e. The van der Waals surface area contributed by atoms with E-state index in [0.717, 1.165) is 17.7 Å². The van der Waals surface area contributed by atoms with E-state index in [9.17, 15) is 17.6 Å². The summed E-state index contributed by atoms with van der Waals surface area (Å²) in [5.41, 5.74) is 6.18. The van der Waals surface area contributed by atoms with E-state index in [0.29, 0.717) is 18.3 Å². The van der Waals surface area contributed by atoms with E-state index in [1.165, 1.54) is 4.90 Å². The summed E-state index contributed by atoms with van der Waals surface area (Å²) in [5, 5.41) is 0. The maximum atomic E-state index is 13.8. The summed E-state index contributed by atoms with van der Waals surface area (Å²) >= 11 is 0. The molecule has 2 aromatic rings. The van der Waals surface area contributed by atoms with Crippen LogP contribution in [0.3, 0.4) is 0 Å². The highest BCUT2D eigenvalue weighted by Gasteiger charge is 2.31. The van der Waals surface area contributed by atoms with E-state index >= 15 is 0 Å². The number of nitrogens with two attached hydrogens (primary N) is 1. The van der Waals surface area contributed by atoms with Crippen LogP contribution in [0, 0.1) is 5.82 Å². The third-order valence-electron chi connectivity index (χ3n) is 3.06. The van der Waals surface area contributed by atoms with Gasteiger partial charge in [0.05, 0.1) is 11.3 Å². The van der Waals surface area contributed by atoms with Crippen molar-refractivity contribution >= 4 is 11.4 Å². The zero-order chi connectivity index (χ0) is 15.6. The van der Waals surface area contributed by atoms with Crippen LogP contribution in [0.5, 0.6) is 0 Å². The Kier molecular flexibility index (Phi) is 4.06. The lowest BCUT2D eigenvalue weighted by atomic mass is 10.1. The first-order valence-corrected chi connectivity index (χ1v) is 6.19. The second-order valence-electron chi connectivity index (χ2n) is 4.77. The van der Waals surface area contributed by atoms with Gasteiger partial charge in [-0.15, -0.1) is 0 Å². The van der Waals surface area contributed by atoms with Crippen molar-refractivity contribution in [1.82, 2.24) is 0 Å². The first-order valence-electron chi connectivity index (χ1n) is 6.19. The summed E-state index contributed by atoms with van der Waals surface area (Å²) < 4.78 is 51.3. The number of nitrogens with zero attached hydrogens (tertiary/aromatic N) is 1. The molecule has 0 aliphatic heterocycles. The highest BCUT2D eigenvalue weighted by molar-refractivity contribution is 5.50. The number of anilines is 2. The van der Waals surface area contributed by atoms with Gasteiger partial charge in [0.15, 0.2) is 0 Å². The van der Waals surface area contributed by atoms with Crippen LogP contribution in [0.15, 0.2) is 42.5 Å². The van der Waals surface area contributed by atoms with Gasteiger partial charge in [0.1, 0.15) is 5.82 Å². The number of hydrogen-bond acceptors (Lipinski definition) is 2. The molecular formula is C15H14F4N2. The van der Waals surface area contributed by atoms with Crippen molar-refractivity contribution in [1.29, 1.82) is 0 Å². The van der Waals surface area contributed by atoms with E-state index < -0.39 is 17.6 Å². The maximum Gasteiger partial charge on any atom is 0.416 e. The van der Waals surface area contributed by atoms with E-state index in [4.69, 9.17) is 5.73 Å². The molecule has 2 aromatic carbocycles. The molecule has 6 heteroatoms. The van der Waals surface area contributed by atoms with Crippen LogP contribution in [-0.4, -0.2) is 7.05 Å². The minimum atomic E-state index is -4.55. The molecule has 112 valence electrons. The lowest BCUT2D eigenvalue weighted by Gasteiger charge is -2.21. The standard InChI is InChI=1S/C15H14F4N2/c1-21(9-10-3-2-4-12(20)7-10)14-6-5-11(8-13(14)16)15(17,18)19/h2-8H,9,20H2,1H3. The average molecular weight is 298 g/mol. The molecule has 0 radical (unpaired) electrons. The molecule has 0 fully saturated rings. The Morgan fingerprint density at radius 1 is 1.10 bits per heavy atom. The Hall–Kier alpha value is -2.24. The van der Waals surface area contributed by atoms with Gasteiger partial charge in [-0.25, -0.2) is 4.39 Å². The second-order valence-corrected chi connectivity index (χ2v) is 4.77. The van der Waals surface area contributed by atoms with Gasteiger partial charge >= 0.3 is 6.18 Å². The predicted octanol–water partition coefficient (Wildman–Crippen LogP) is 4.06. The maximum absolute atomic E-state index is 13.8. The zero-order valence-corrected chi connectivity index (χ0v) is 11.3. The van der Waals surface area contributed by atoms with Crippen molar-refractivity contribution in [2.45, 2.75) is 12.7 Å². The Bertz CT molecular complexity index is 638. The lowest BCUT2D eigenvalue weighted by molar-refractivity contribution is -0.137. The van der Waals surface area contributed by atoms with Crippen molar-refractivity contribution in [3.8, 4) is 0 Å². The first kappa shape index (κ1) is 15.2. The third kappa shape index (κ3) is 3.65. The van der Waals surface area contributed by atoms with Crippen LogP contribution >= 0.6 is 0 Å². The molecule has 0 atom stereocenters. The number of benzene rings is 2. The average Bonchev–Trinajstić information content (AvgIpc) is 2.37. The van der Waals surface area contributed by atoms with Crippen molar-refractivity contribution in [2.75, 3.05) is 17.7 Å². The van der Waals surface area contributed by atoms with Gasteiger partial charge in [-0.05, 0) is 35.9 Å². The summed E-state index contributed by atoms with van der Waals surface area (Å²) in [4.78, 5) is 1.53. The van der Waals surface area contributed by atoms with Crippen LogP contribution in [0.2, 0.25) is 0 Å². The highest BCUT2D eigenvalue weighted by Crippen LogP contribution is 2.32. The number of hydrogen-bond donors (Lipinski definition) is 1. The summed E-state index contributed by atoms with van der Waals surface area (Å²) in [7, 11) is 1.61. The third-order valence-corrected chi connectivity index (χ3v) is 3.06. The molecule has 2 N–H and O–H groups in total. The van der Waals surface area contributed by atoms with Crippen LogP contribution in [0.25, 0.3) is 0 Å². The quantitative estimate of drug-likeness (QED) is 0.684. The molecule has 0 saturated carbocycles. The fourth-order valence-electron chi connectivity index (χ4n) is 2.04. The Balaban J connectivity index is 2.22. The normalized spacial score (nSPS) is 11.5. The molecule has 0 unspecified atom stereocenters. The molecule has 0 aliphatic rings. The van der Waals surface area contributed by atoms with E-state index in [-0.39, 0.29) is 5.69 Å². The molecule has 2 rings (SSSR count). The highest BCUT2D eigenvalue weighted by atomic mass is 19.4. The molecule has 0 amide bonds. The number of alkyl halides is 3. The Morgan fingerprint density at radius 2 is 1.81 bits per heavy atom. The molecule has 0 aliphatic carbocycles. The fourth-order valence-corrected chi connectivity index (χ4v) is 2.04. The van der Waals surface area contributed by atoms with Crippen molar-refractivity contribution in [2.24, 2.45) is 0 Å². The van der Waals surface area contributed by atoms with Gasteiger partial charge in [0.25, 0.3) is 0 Å². The number of halogens is 4. The van der Waals surface area contributed by atoms with Gasteiger partial charge in [0.2, 0.25) is 0 Å². The summed E-state index contributed by atoms with van der Waals surface area (Å²) in [6.45, 7) is 0.341. The Morgan fingerprint density at radius 3 is 2.38 bits per heavy atom. The topological polar surface area (TPSA) is 29.3 Å². The smallest absolute Gasteiger partial charge is 0.399 e. The largest absolute Gasteiger partial charge is 0.416 e. The van der Waals surface area contributed by atoms with E-state index in [2.05, 4.69) is 0 Å². The fraction of sp³-hybridized carbons (Fsp3) is 0.200. The SMILES string of the molecule is CN(Cc1cccc(N)c1)c1ccc(C(F)(F)F)cc1F. The van der Waals surface area contributed by atoms with Gasteiger partial charge in [-0.1, -0.05) is 12.1 Å². The molecule has 0 spiro atoms. The molecule has 0 bridgehead atoms. The lowest BCUT2D eigenvalue weighted by Crippen LogP contribution is -2.18. The van der Waals surface area contributed by atoms with Gasteiger partial charge in [-0.3, -0.25) is 0 Å². The zero-order valence-electron chi connectivity index (χ0n) is 11.3. The van der Waals surface area contributed by atoms with E-state index in [1.807, 2.05) is 6.07 Å². The van der Waals surface area contributed by atoms with Gasteiger partial charge < -0.3 is 10.6 Å². The van der Waals surface area contributed by atoms with Crippen LogP contribution in [0.4, 0.5) is 28.9 Å². The van der Waals surface area contributed by atoms with Gasteiger partial charge in [0, 0.05) is 19.3 Å². The molecule has 0 saturated heterocycles. The molecule has 21 heavy (non-hydrogen) atoms. The molecule has 2 nitrogen and oxygen atoms in total. The molecular weight excluding hydrogens is 284 g/mol. The molecule has 0 heterocycles. The number of rotatable bonds is 3. The van der Waals surface area contributed by atoms with Crippen molar-refractivity contribution < 1.29 is 17.6 Å². The van der Waals surface area contributed by atoms with Gasteiger partial charge in [-0.2, -0.15) is 13.2 Å². The van der Waals surface area contributed by atoms with Crippen LogP contribution in [-0.2, 0) is 12.7 Å². The summed E-state index contributed by atoms with van der Waals surface area (Å²) in [6.07, 6.45) is -4.55. The number of nitrogen functional groups attached to an aromatic ring is 1. The van der Waals surface area contributed by atoms with Crippen LogP contribution in [0.1, 0.15) is 11.1 Å². The summed E-state index contributed by atoms with van der Waals surface area (Å²) in [5.74, 6) is -0.906. The molecule has 0 aromatic heterocycles. The van der Waals surface area contributed by atoms with Crippen LogP contribution < -0.4 is 10.6 Å². The van der Waals surface area contributed by atoms with Crippen molar-refractivity contribution in [3.63, 3.8) is 0 Å². The first-order chi connectivity index (χ1) is 9.77.